The second-order valence-electron chi connectivity index (χ2n) is 6.68. The summed E-state index contributed by atoms with van der Waals surface area (Å²) in [5.74, 6) is -0.294. The molecule has 5 nitrogen and oxygen atoms in total. The molecule has 0 unspecified atom stereocenters. The molecule has 1 fully saturated rings. The van der Waals surface area contributed by atoms with Crippen LogP contribution < -0.4 is 10.5 Å². The van der Waals surface area contributed by atoms with Gasteiger partial charge in [0, 0.05) is 31.9 Å². The SMILES string of the molecule is C[C@@H](C(=O)N1CCN(c2ccc(F)cc2)CC1)n1sc2ccccc2c1=O. The van der Waals surface area contributed by atoms with Crippen molar-refractivity contribution in [2.24, 2.45) is 0 Å². The third-order valence-electron chi connectivity index (χ3n) is 5.01. The number of piperazine rings is 1. The largest absolute Gasteiger partial charge is 0.368 e. The summed E-state index contributed by atoms with van der Waals surface area (Å²) >= 11 is 1.33. The van der Waals surface area contributed by atoms with E-state index in [0.717, 1.165) is 10.4 Å². The van der Waals surface area contributed by atoms with Gasteiger partial charge in [-0.15, -0.1) is 0 Å². The first-order chi connectivity index (χ1) is 13.0. The maximum absolute atomic E-state index is 13.1. The number of anilines is 1. The summed E-state index contributed by atoms with van der Waals surface area (Å²) in [7, 11) is 0. The number of fused-ring (bicyclic) bond motifs is 1. The van der Waals surface area contributed by atoms with Gasteiger partial charge in [-0.1, -0.05) is 23.7 Å². The highest BCUT2D eigenvalue weighted by atomic mass is 32.1. The van der Waals surface area contributed by atoms with Gasteiger partial charge in [0.25, 0.3) is 5.56 Å². The van der Waals surface area contributed by atoms with Crippen LogP contribution in [-0.4, -0.2) is 40.9 Å². The van der Waals surface area contributed by atoms with Crippen molar-refractivity contribution in [2.75, 3.05) is 31.1 Å². The summed E-state index contributed by atoms with van der Waals surface area (Å²) in [4.78, 5) is 29.5. The van der Waals surface area contributed by atoms with E-state index < -0.39 is 6.04 Å². The molecule has 1 aliphatic rings. The van der Waals surface area contributed by atoms with E-state index in [2.05, 4.69) is 4.90 Å². The molecule has 0 radical (unpaired) electrons. The zero-order valence-electron chi connectivity index (χ0n) is 15.0. The molecule has 1 aliphatic heterocycles. The Balaban J connectivity index is 1.46. The van der Waals surface area contributed by atoms with Crippen LogP contribution in [0.5, 0.6) is 0 Å². The number of carbonyl (C=O) groups excluding carboxylic acids is 1. The minimum absolute atomic E-state index is 0.0394. The summed E-state index contributed by atoms with van der Waals surface area (Å²) < 4.78 is 15.5. The summed E-state index contributed by atoms with van der Waals surface area (Å²) in [5.41, 5.74) is 0.846. The van der Waals surface area contributed by atoms with Gasteiger partial charge in [-0.2, -0.15) is 0 Å². The van der Waals surface area contributed by atoms with Crippen LogP contribution in [0, 0.1) is 5.82 Å². The molecule has 2 aromatic carbocycles. The number of hydrogen-bond donors (Lipinski definition) is 0. The van der Waals surface area contributed by atoms with Crippen molar-refractivity contribution < 1.29 is 9.18 Å². The van der Waals surface area contributed by atoms with E-state index in [1.165, 1.54) is 23.7 Å². The lowest BCUT2D eigenvalue weighted by molar-refractivity contribution is -0.134. The molecule has 7 heteroatoms. The van der Waals surface area contributed by atoms with E-state index in [4.69, 9.17) is 0 Å². The first kappa shape index (κ1) is 17.7. The first-order valence-corrected chi connectivity index (χ1v) is 9.72. The highest BCUT2D eigenvalue weighted by Crippen LogP contribution is 2.22. The Hall–Kier alpha value is -2.67. The van der Waals surface area contributed by atoms with Gasteiger partial charge in [-0.05, 0) is 43.3 Å². The fourth-order valence-electron chi connectivity index (χ4n) is 3.45. The Morgan fingerprint density at radius 1 is 1.04 bits per heavy atom. The van der Waals surface area contributed by atoms with Crippen molar-refractivity contribution in [3.8, 4) is 0 Å². The van der Waals surface area contributed by atoms with Crippen LogP contribution in [0.2, 0.25) is 0 Å². The van der Waals surface area contributed by atoms with Crippen molar-refractivity contribution in [1.29, 1.82) is 0 Å². The Bertz CT molecular complexity index is 1020. The molecule has 1 aromatic heterocycles. The molecule has 0 bridgehead atoms. The lowest BCUT2D eigenvalue weighted by Gasteiger charge is -2.37. The average molecular weight is 385 g/mol. The standard InChI is InChI=1S/C20H20FN3O2S/c1-14(24-20(26)17-4-2-3-5-18(17)27-24)19(25)23-12-10-22(11-13-23)16-8-6-15(21)7-9-16/h2-9,14H,10-13H2,1H3/t14-/m0/s1. The number of halogens is 1. The van der Waals surface area contributed by atoms with E-state index in [-0.39, 0.29) is 17.3 Å². The Morgan fingerprint density at radius 3 is 2.37 bits per heavy atom. The fraction of sp³-hybridized carbons (Fsp3) is 0.300. The van der Waals surface area contributed by atoms with Crippen molar-refractivity contribution in [3.63, 3.8) is 0 Å². The number of hydrogen-bond acceptors (Lipinski definition) is 4. The van der Waals surface area contributed by atoms with Gasteiger partial charge in [0.15, 0.2) is 0 Å². The van der Waals surface area contributed by atoms with Crippen molar-refractivity contribution in [1.82, 2.24) is 8.86 Å². The van der Waals surface area contributed by atoms with Gasteiger partial charge in [0.05, 0.1) is 10.1 Å². The molecule has 2 heterocycles. The predicted octanol–water partition coefficient (Wildman–Crippen LogP) is 3.11. The number of nitrogens with zero attached hydrogens (tertiary/aromatic N) is 3. The lowest BCUT2D eigenvalue weighted by atomic mass is 10.2. The number of rotatable bonds is 3. The molecular weight excluding hydrogens is 365 g/mol. The van der Waals surface area contributed by atoms with E-state index in [1.807, 2.05) is 23.1 Å². The normalized spacial score (nSPS) is 15.9. The lowest BCUT2D eigenvalue weighted by Crippen LogP contribution is -2.50. The van der Waals surface area contributed by atoms with Crippen LogP contribution in [0.4, 0.5) is 10.1 Å². The summed E-state index contributed by atoms with van der Waals surface area (Å²) in [6, 6.07) is 13.3. The molecule has 27 heavy (non-hydrogen) atoms. The van der Waals surface area contributed by atoms with Gasteiger partial charge in [-0.3, -0.25) is 13.5 Å². The Morgan fingerprint density at radius 2 is 1.70 bits per heavy atom. The van der Waals surface area contributed by atoms with Crippen LogP contribution in [0.25, 0.3) is 10.1 Å². The average Bonchev–Trinajstić information content (AvgIpc) is 3.04. The predicted molar refractivity (Wildman–Crippen MR) is 106 cm³/mol. The monoisotopic (exact) mass is 385 g/mol. The molecule has 3 aromatic rings. The van der Waals surface area contributed by atoms with Crippen molar-refractivity contribution in [3.05, 3.63) is 64.7 Å². The Kier molecular flexibility index (Phi) is 4.70. The molecular formula is C20H20FN3O2S. The van der Waals surface area contributed by atoms with Crippen LogP contribution in [0.15, 0.2) is 53.3 Å². The molecule has 1 saturated heterocycles. The molecule has 0 N–H and O–H groups in total. The van der Waals surface area contributed by atoms with Gasteiger partial charge in [-0.25, -0.2) is 4.39 Å². The molecule has 0 aliphatic carbocycles. The van der Waals surface area contributed by atoms with Gasteiger partial charge >= 0.3 is 0 Å². The summed E-state index contributed by atoms with van der Waals surface area (Å²) in [6.07, 6.45) is 0. The van der Waals surface area contributed by atoms with Gasteiger partial charge in [0.2, 0.25) is 5.91 Å². The summed E-state index contributed by atoms with van der Waals surface area (Å²) in [6.45, 7) is 4.32. The quantitative estimate of drug-likeness (QED) is 0.696. The van der Waals surface area contributed by atoms with Crippen LogP contribution >= 0.6 is 11.5 Å². The smallest absolute Gasteiger partial charge is 0.269 e. The first-order valence-electron chi connectivity index (χ1n) is 8.94. The minimum atomic E-state index is -0.521. The molecule has 0 spiro atoms. The van der Waals surface area contributed by atoms with Crippen LogP contribution in [0.3, 0.4) is 0 Å². The number of aromatic nitrogens is 1. The van der Waals surface area contributed by atoms with E-state index in [9.17, 15) is 14.0 Å². The third-order valence-corrected chi connectivity index (χ3v) is 6.24. The highest BCUT2D eigenvalue weighted by molar-refractivity contribution is 7.14. The molecule has 1 amide bonds. The molecule has 1 atom stereocenters. The van der Waals surface area contributed by atoms with Gasteiger partial charge < -0.3 is 9.80 Å². The topological polar surface area (TPSA) is 45.6 Å². The second kappa shape index (κ2) is 7.15. The van der Waals surface area contributed by atoms with Crippen molar-refractivity contribution in [2.45, 2.75) is 13.0 Å². The van der Waals surface area contributed by atoms with E-state index in [1.54, 1.807) is 29.1 Å². The van der Waals surface area contributed by atoms with Crippen LogP contribution in [-0.2, 0) is 4.79 Å². The zero-order chi connectivity index (χ0) is 19.0. The molecule has 4 rings (SSSR count). The minimum Gasteiger partial charge on any atom is -0.368 e. The maximum Gasteiger partial charge on any atom is 0.269 e. The highest BCUT2D eigenvalue weighted by Gasteiger charge is 2.27. The summed E-state index contributed by atoms with van der Waals surface area (Å²) in [5, 5.41) is 0.656. The zero-order valence-corrected chi connectivity index (χ0v) is 15.8. The second-order valence-corrected chi connectivity index (χ2v) is 7.70. The van der Waals surface area contributed by atoms with Crippen molar-refractivity contribution >= 4 is 33.2 Å². The third kappa shape index (κ3) is 3.35. The number of benzene rings is 2. The van der Waals surface area contributed by atoms with Gasteiger partial charge in [0.1, 0.15) is 11.9 Å². The Labute approximate surface area is 160 Å². The molecule has 140 valence electrons. The number of carbonyl (C=O) groups is 1. The molecule has 0 saturated carbocycles. The fourth-order valence-corrected chi connectivity index (χ4v) is 4.48. The van der Waals surface area contributed by atoms with E-state index >= 15 is 0 Å². The van der Waals surface area contributed by atoms with E-state index in [0.29, 0.717) is 31.6 Å². The maximum atomic E-state index is 13.1. The number of amides is 1. The van der Waals surface area contributed by atoms with Crippen LogP contribution in [0.1, 0.15) is 13.0 Å².